The van der Waals surface area contributed by atoms with E-state index >= 15 is 0 Å². The minimum atomic E-state index is -0.479. The molecule has 2 rings (SSSR count). The third-order valence-electron chi connectivity index (χ3n) is 2.91. The van der Waals surface area contributed by atoms with Gasteiger partial charge in [0.15, 0.2) is 0 Å². The highest BCUT2D eigenvalue weighted by Gasteiger charge is 2.38. The lowest BCUT2D eigenvalue weighted by molar-refractivity contribution is -0.125. The Balaban J connectivity index is 2.31. The van der Waals surface area contributed by atoms with Crippen LogP contribution in [-0.2, 0) is 4.79 Å². The van der Waals surface area contributed by atoms with Gasteiger partial charge in [-0.15, -0.1) is 0 Å². The fourth-order valence-corrected chi connectivity index (χ4v) is 2.25. The average molecular weight is 218 g/mol. The maximum absolute atomic E-state index is 12.3. The number of amides is 1. The van der Waals surface area contributed by atoms with Crippen LogP contribution < -0.4 is 10.2 Å². The van der Waals surface area contributed by atoms with Crippen LogP contribution in [0.25, 0.3) is 0 Å². The van der Waals surface area contributed by atoms with Gasteiger partial charge < -0.3 is 4.90 Å². The molecule has 86 valence electrons. The number of nitrogens with zero attached hydrogens (tertiary/aromatic N) is 1. The summed E-state index contributed by atoms with van der Waals surface area (Å²) in [5.74, 6) is 0.136. The van der Waals surface area contributed by atoms with Crippen LogP contribution in [0.15, 0.2) is 30.3 Å². The summed E-state index contributed by atoms with van der Waals surface area (Å²) in [5.41, 5.74) is 0.502. The first-order valence-corrected chi connectivity index (χ1v) is 5.65. The molecule has 16 heavy (non-hydrogen) atoms. The number of rotatable bonds is 1. The zero-order chi connectivity index (χ0) is 11.8. The zero-order valence-electron chi connectivity index (χ0n) is 10.0. The summed E-state index contributed by atoms with van der Waals surface area (Å²) >= 11 is 0. The van der Waals surface area contributed by atoms with Crippen molar-refractivity contribution in [2.24, 2.45) is 0 Å². The van der Waals surface area contributed by atoms with Crippen LogP contribution >= 0.6 is 0 Å². The topological polar surface area (TPSA) is 32.3 Å². The molecule has 0 saturated carbocycles. The largest absolute Gasteiger partial charge is 0.309 e. The second-order valence-electron chi connectivity index (χ2n) is 4.92. The molecule has 0 aliphatic carbocycles. The smallest absolute Gasteiger partial charge is 0.246 e. The summed E-state index contributed by atoms with van der Waals surface area (Å²) in [6.45, 7) is 6.69. The Kier molecular flexibility index (Phi) is 2.72. The monoisotopic (exact) mass is 218 g/mol. The summed E-state index contributed by atoms with van der Waals surface area (Å²) in [6, 6.07) is 10.2. The lowest BCUT2D eigenvalue weighted by atomic mass is 9.97. The molecule has 1 aromatic carbocycles. The van der Waals surface area contributed by atoms with Gasteiger partial charge in [-0.1, -0.05) is 18.2 Å². The molecule has 1 fully saturated rings. The molecule has 0 bridgehead atoms. The van der Waals surface area contributed by atoms with E-state index in [1.165, 1.54) is 0 Å². The molecule has 1 heterocycles. The van der Waals surface area contributed by atoms with Crippen molar-refractivity contribution in [2.45, 2.75) is 32.4 Å². The van der Waals surface area contributed by atoms with Crippen molar-refractivity contribution < 1.29 is 4.79 Å². The molecule has 0 aromatic heterocycles. The molecule has 0 spiro atoms. The summed E-state index contributed by atoms with van der Waals surface area (Å²) in [7, 11) is 0. The summed E-state index contributed by atoms with van der Waals surface area (Å²) in [5, 5.41) is 3.31. The number of hydrogen-bond donors (Lipinski definition) is 1. The van der Waals surface area contributed by atoms with E-state index in [-0.39, 0.29) is 5.91 Å². The number of benzene rings is 1. The first-order chi connectivity index (χ1) is 7.50. The molecule has 1 atom stereocenters. The van der Waals surface area contributed by atoms with Gasteiger partial charge in [-0.2, -0.15) is 0 Å². The summed E-state index contributed by atoms with van der Waals surface area (Å²) < 4.78 is 0. The van der Waals surface area contributed by atoms with E-state index in [2.05, 4.69) is 12.2 Å². The fourth-order valence-electron chi connectivity index (χ4n) is 2.25. The number of nitrogens with one attached hydrogen (secondary N) is 1. The molecule has 1 unspecified atom stereocenters. The van der Waals surface area contributed by atoms with Gasteiger partial charge in [0, 0.05) is 18.3 Å². The number of carbonyl (C=O) groups excluding carboxylic acids is 1. The maximum Gasteiger partial charge on any atom is 0.246 e. The van der Waals surface area contributed by atoms with Gasteiger partial charge in [0.05, 0.1) is 5.54 Å². The molecule has 1 N–H and O–H groups in total. The Bertz CT molecular complexity index is 386. The van der Waals surface area contributed by atoms with E-state index in [9.17, 15) is 4.79 Å². The van der Waals surface area contributed by atoms with Crippen molar-refractivity contribution in [3.63, 3.8) is 0 Å². The van der Waals surface area contributed by atoms with E-state index in [4.69, 9.17) is 0 Å². The summed E-state index contributed by atoms with van der Waals surface area (Å²) in [4.78, 5) is 14.1. The van der Waals surface area contributed by atoms with Crippen molar-refractivity contribution in [2.75, 3.05) is 11.4 Å². The van der Waals surface area contributed by atoms with Gasteiger partial charge in [-0.25, -0.2) is 0 Å². The maximum atomic E-state index is 12.3. The van der Waals surface area contributed by atoms with Crippen LogP contribution in [0, 0.1) is 0 Å². The minimum Gasteiger partial charge on any atom is -0.309 e. The van der Waals surface area contributed by atoms with Crippen molar-refractivity contribution in [3.05, 3.63) is 30.3 Å². The van der Waals surface area contributed by atoms with Crippen molar-refractivity contribution in [1.82, 2.24) is 5.32 Å². The standard InChI is InChI=1S/C13H18N2O/c1-10-9-15(11-7-5-4-6-8-11)12(16)13(2,3)14-10/h4-8,10,14H,9H2,1-3H3. The van der Waals surface area contributed by atoms with Crippen LogP contribution in [-0.4, -0.2) is 24.0 Å². The molecular weight excluding hydrogens is 200 g/mol. The van der Waals surface area contributed by atoms with E-state index in [1.54, 1.807) is 0 Å². The van der Waals surface area contributed by atoms with Gasteiger partial charge in [-0.3, -0.25) is 10.1 Å². The molecule has 3 heteroatoms. The van der Waals surface area contributed by atoms with E-state index in [0.29, 0.717) is 6.04 Å². The second kappa shape index (κ2) is 3.91. The first kappa shape index (κ1) is 11.1. The van der Waals surface area contributed by atoms with E-state index < -0.39 is 5.54 Å². The highest BCUT2D eigenvalue weighted by Crippen LogP contribution is 2.22. The molecule has 1 aliphatic rings. The number of anilines is 1. The Labute approximate surface area is 96.5 Å². The highest BCUT2D eigenvalue weighted by atomic mass is 16.2. The van der Waals surface area contributed by atoms with E-state index in [1.807, 2.05) is 49.1 Å². The number of piperazine rings is 1. The third kappa shape index (κ3) is 1.95. The molecule has 1 amide bonds. The Morgan fingerprint density at radius 2 is 1.94 bits per heavy atom. The zero-order valence-corrected chi connectivity index (χ0v) is 10.0. The predicted octanol–water partition coefficient (Wildman–Crippen LogP) is 1.79. The molecule has 1 saturated heterocycles. The quantitative estimate of drug-likeness (QED) is 0.779. The number of hydrogen-bond acceptors (Lipinski definition) is 2. The van der Waals surface area contributed by atoms with Crippen molar-refractivity contribution in [3.8, 4) is 0 Å². The van der Waals surface area contributed by atoms with Crippen LogP contribution in [0.1, 0.15) is 20.8 Å². The van der Waals surface area contributed by atoms with Crippen molar-refractivity contribution in [1.29, 1.82) is 0 Å². The summed E-state index contributed by atoms with van der Waals surface area (Å²) in [6.07, 6.45) is 0. The second-order valence-corrected chi connectivity index (χ2v) is 4.92. The lowest BCUT2D eigenvalue weighted by Gasteiger charge is -2.41. The predicted molar refractivity (Wildman–Crippen MR) is 65.5 cm³/mol. The number of carbonyl (C=O) groups is 1. The molecule has 1 aromatic rings. The van der Waals surface area contributed by atoms with Crippen LogP contribution in [0.3, 0.4) is 0 Å². The Morgan fingerprint density at radius 3 is 2.56 bits per heavy atom. The molecule has 1 aliphatic heterocycles. The van der Waals surface area contributed by atoms with Gasteiger partial charge >= 0.3 is 0 Å². The lowest BCUT2D eigenvalue weighted by Crippen LogP contribution is -2.65. The first-order valence-electron chi connectivity index (χ1n) is 5.65. The van der Waals surface area contributed by atoms with Crippen LogP contribution in [0.2, 0.25) is 0 Å². The van der Waals surface area contributed by atoms with Gasteiger partial charge in [0.25, 0.3) is 0 Å². The Hall–Kier alpha value is -1.35. The fraction of sp³-hybridized carbons (Fsp3) is 0.462. The normalized spacial score (nSPS) is 24.6. The minimum absolute atomic E-state index is 0.136. The van der Waals surface area contributed by atoms with Gasteiger partial charge in [-0.05, 0) is 32.9 Å². The van der Waals surface area contributed by atoms with Crippen molar-refractivity contribution >= 4 is 11.6 Å². The average Bonchev–Trinajstić information content (AvgIpc) is 2.24. The highest BCUT2D eigenvalue weighted by molar-refractivity contribution is 6.00. The van der Waals surface area contributed by atoms with Gasteiger partial charge in [0.1, 0.15) is 0 Å². The van der Waals surface area contributed by atoms with Crippen LogP contribution in [0.4, 0.5) is 5.69 Å². The Morgan fingerprint density at radius 1 is 1.31 bits per heavy atom. The number of para-hydroxylation sites is 1. The third-order valence-corrected chi connectivity index (χ3v) is 2.91. The van der Waals surface area contributed by atoms with Crippen LogP contribution in [0.5, 0.6) is 0 Å². The molecule has 3 nitrogen and oxygen atoms in total. The SMILES string of the molecule is CC1CN(c2ccccc2)C(=O)C(C)(C)N1. The molecule has 0 radical (unpaired) electrons. The van der Waals surface area contributed by atoms with E-state index in [0.717, 1.165) is 12.2 Å². The van der Waals surface area contributed by atoms with Gasteiger partial charge in [0.2, 0.25) is 5.91 Å². The molecular formula is C13H18N2O.